The minimum Gasteiger partial charge on any atom is -0.352 e. The van der Waals surface area contributed by atoms with Gasteiger partial charge in [0.15, 0.2) is 0 Å². The molecule has 1 aromatic heterocycles. The number of carbonyl (C=O) groups is 2. The Kier molecular flexibility index (Phi) is 5.70. The summed E-state index contributed by atoms with van der Waals surface area (Å²) in [6.07, 6.45) is 0.0673. The third kappa shape index (κ3) is 5.07. The maximum atomic E-state index is 13.5. The summed E-state index contributed by atoms with van der Waals surface area (Å²) in [6, 6.07) is 7.33. The molecule has 0 fully saturated rings. The molecule has 0 saturated heterocycles. The molecule has 5 nitrogen and oxygen atoms in total. The number of rotatable bonds is 6. The summed E-state index contributed by atoms with van der Waals surface area (Å²) in [5, 5.41) is 7.13. The Labute approximate surface area is 137 Å². The lowest BCUT2D eigenvalue weighted by Gasteiger charge is -2.16. The first-order valence-corrected chi connectivity index (χ1v) is 7.95. The van der Waals surface area contributed by atoms with Crippen LogP contribution < -0.4 is 16.4 Å². The number of halogens is 1. The highest BCUT2D eigenvalue weighted by Gasteiger charge is 2.18. The highest BCUT2D eigenvalue weighted by Crippen LogP contribution is 2.21. The molecule has 0 bridgehead atoms. The first kappa shape index (κ1) is 17.0. The van der Waals surface area contributed by atoms with Crippen molar-refractivity contribution in [3.8, 4) is 0 Å². The van der Waals surface area contributed by atoms with Crippen LogP contribution in [0.4, 0.5) is 9.18 Å². The van der Waals surface area contributed by atoms with Gasteiger partial charge in [0, 0.05) is 11.4 Å². The topological polar surface area (TPSA) is 84.2 Å². The number of nitrogens with two attached hydrogens (primary N) is 1. The van der Waals surface area contributed by atoms with Crippen LogP contribution in [-0.2, 0) is 11.3 Å². The normalized spacial score (nSPS) is 11.7. The fraction of sp³-hybridized carbons (Fsp3) is 0.250. The number of hydrogen-bond acceptors (Lipinski definition) is 3. The van der Waals surface area contributed by atoms with Gasteiger partial charge in [-0.2, -0.15) is 0 Å². The third-order valence-electron chi connectivity index (χ3n) is 3.32. The second-order valence-corrected chi connectivity index (χ2v) is 6.12. The summed E-state index contributed by atoms with van der Waals surface area (Å²) in [6.45, 7) is 1.91. The molecule has 0 aliphatic carbocycles. The van der Waals surface area contributed by atoms with Gasteiger partial charge in [-0.3, -0.25) is 4.79 Å². The van der Waals surface area contributed by atoms with Crippen LogP contribution in [0.5, 0.6) is 0 Å². The lowest BCUT2D eigenvalue weighted by Crippen LogP contribution is -2.36. The number of aryl methyl sites for hydroxylation is 1. The average molecular weight is 335 g/mol. The fourth-order valence-corrected chi connectivity index (χ4v) is 2.87. The predicted molar refractivity (Wildman–Crippen MR) is 87.4 cm³/mol. The Morgan fingerprint density at radius 2 is 2.13 bits per heavy atom. The van der Waals surface area contributed by atoms with Crippen molar-refractivity contribution in [2.24, 2.45) is 5.73 Å². The zero-order valence-corrected chi connectivity index (χ0v) is 13.5. The second-order valence-electron chi connectivity index (χ2n) is 5.14. The Morgan fingerprint density at radius 3 is 2.74 bits per heavy atom. The molecule has 7 heteroatoms. The van der Waals surface area contributed by atoms with Crippen molar-refractivity contribution in [1.82, 2.24) is 10.6 Å². The van der Waals surface area contributed by atoms with E-state index in [0.29, 0.717) is 11.1 Å². The molecule has 1 aromatic carbocycles. The maximum Gasteiger partial charge on any atom is 0.312 e. The number of amides is 3. The predicted octanol–water partition coefficient (Wildman–Crippen LogP) is 2.61. The number of urea groups is 1. The summed E-state index contributed by atoms with van der Waals surface area (Å²) >= 11 is 1.43. The van der Waals surface area contributed by atoms with E-state index >= 15 is 0 Å². The van der Waals surface area contributed by atoms with E-state index in [9.17, 15) is 14.0 Å². The van der Waals surface area contributed by atoms with E-state index in [1.54, 1.807) is 19.1 Å². The van der Waals surface area contributed by atoms with Gasteiger partial charge in [0.25, 0.3) is 0 Å². The fourth-order valence-electron chi connectivity index (χ4n) is 2.09. The smallest absolute Gasteiger partial charge is 0.312 e. The van der Waals surface area contributed by atoms with E-state index in [1.807, 2.05) is 17.5 Å². The second kappa shape index (κ2) is 7.73. The summed E-state index contributed by atoms with van der Waals surface area (Å²) in [5.74, 6) is -0.554. The summed E-state index contributed by atoms with van der Waals surface area (Å²) in [5.41, 5.74) is 6.39. The van der Waals surface area contributed by atoms with Crippen LogP contribution in [0, 0.1) is 12.7 Å². The van der Waals surface area contributed by atoms with Crippen molar-refractivity contribution >= 4 is 23.3 Å². The SMILES string of the molecule is Cc1ccc(CNC(=O)C[C@@H](NC(N)=O)c2cccs2)cc1F. The van der Waals surface area contributed by atoms with Crippen LogP contribution in [-0.4, -0.2) is 11.9 Å². The lowest BCUT2D eigenvalue weighted by atomic mass is 10.1. The first-order valence-electron chi connectivity index (χ1n) is 7.07. The largest absolute Gasteiger partial charge is 0.352 e. The van der Waals surface area contributed by atoms with Crippen LogP contribution in [0.25, 0.3) is 0 Å². The van der Waals surface area contributed by atoms with Crippen molar-refractivity contribution in [1.29, 1.82) is 0 Å². The van der Waals surface area contributed by atoms with E-state index in [4.69, 9.17) is 5.73 Å². The van der Waals surface area contributed by atoms with Gasteiger partial charge >= 0.3 is 6.03 Å². The van der Waals surface area contributed by atoms with Gasteiger partial charge in [-0.15, -0.1) is 11.3 Å². The molecular formula is C16H18FN3O2S. The van der Waals surface area contributed by atoms with Crippen molar-refractivity contribution in [3.63, 3.8) is 0 Å². The van der Waals surface area contributed by atoms with Crippen LogP contribution >= 0.6 is 11.3 Å². The van der Waals surface area contributed by atoms with Gasteiger partial charge in [0.2, 0.25) is 5.91 Å². The van der Waals surface area contributed by atoms with E-state index in [1.165, 1.54) is 17.4 Å². The van der Waals surface area contributed by atoms with E-state index < -0.39 is 12.1 Å². The zero-order valence-electron chi connectivity index (χ0n) is 12.6. The summed E-state index contributed by atoms with van der Waals surface area (Å²) in [7, 11) is 0. The molecule has 23 heavy (non-hydrogen) atoms. The first-order chi connectivity index (χ1) is 11.0. The molecule has 0 unspecified atom stereocenters. The van der Waals surface area contributed by atoms with Crippen molar-refractivity contribution < 1.29 is 14.0 Å². The number of nitrogens with one attached hydrogen (secondary N) is 2. The summed E-state index contributed by atoms with van der Waals surface area (Å²) < 4.78 is 13.5. The number of thiophene rings is 1. The van der Waals surface area contributed by atoms with E-state index in [0.717, 1.165) is 4.88 Å². The Bertz CT molecular complexity index is 689. The van der Waals surface area contributed by atoms with Gasteiger partial charge in [0.1, 0.15) is 5.82 Å². The minimum absolute atomic E-state index is 0.0673. The highest BCUT2D eigenvalue weighted by atomic mass is 32.1. The number of carbonyl (C=O) groups excluding carboxylic acids is 2. The molecule has 0 aliphatic rings. The van der Waals surface area contributed by atoms with E-state index in [-0.39, 0.29) is 24.7 Å². The average Bonchev–Trinajstić information content (AvgIpc) is 3.01. The van der Waals surface area contributed by atoms with Gasteiger partial charge in [-0.05, 0) is 35.6 Å². The van der Waals surface area contributed by atoms with Crippen molar-refractivity contribution in [2.75, 3.05) is 0 Å². The molecule has 4 N–H and O–H groups in total. The van der Waals surface area contributed by atoms with Crippen molar-refractivity contribution in [2.45, 2.75) is 25.9 Å². The molecule has 1 atom stereocenters. The molecule has 2 rings (SSSR count). The number of benzene rings is 1. The zero-order chi connectivity index (χ0) is 16.8. The molecule has 0 aliphatic heterocycles. The Hall–Kier alpha value is -2.41. The molecule has 0 spiro atoms. The van der Waals surface area contributed by atoms with Crippen LogP contribution in [0.3, 0.4) is 0 Å². The molecule has 3 amide bonds. The molecule has 0 radical (unpaired) electrons. The molecule has 122 valence electrons. The minimum atomic E-state index is -0.684. The molecular weight excluding hydrogens is 317 g/mol. The van der Waals surface area contributed by atoms with Gasteiger partial charge in [0.05, 0.1) is 12.5 Å². The molecule has 2 aromatic rings. The Morgan fingerprint density at radius 1 is 1.35 bits per heavy atom. The maximum absolute atomic E-state index is 13.5. The van der Waals surface area contributed by atoms with Crippen LogP contribution in [0.1, 0.15) is 28.5 Å². The van der Waals surface area contributed by atoms with Gasteiger partial charge < -0.3 is 16.4 Å². The number of primary amides is 1. The Balaban J connectivity index is 1.93. The molecule has 0 saturated carbocycles. The van der Waals surface area contributed by atoms with Gasteiger partial charge in [-0.1, -0.05) is 18.2 Å². The highest BCUT2D eigenvalue weighted by molar-refractivity contribution is 7.10. The van der Waals surface area contributed by atoms with E-state index in [2.05, 4.69) is 10.6 Å². The standard InChI is InChI=1S/C16H18FN3O2S/c1-10-4-5-11(7-12(10)17)9-19-15(21)8-13(20-16(18)22)14-3-2-6-23-14/h2-7,13H,8-9H2,1H3,(H,19,21)(H3,18,20,22)/t13-/m1/s1. The summed E-state index contributed by atoms with van der Waals surface area (Å²) in [4.78, 5) is 24.0. The van der Waals surface area contributed by atoms with Crippen LogP contribution in [0.2, 0.25) is 0 Å². The van der Waals surface area contributed by atoms with Crippen LogP contribution in [0.15, 0.2) is 35.7 Å². The van der Waals surface area contributed by atoms with Crippen molar-refractivity contribution in [3.05, 3.63) is 57.5 Å². The monoisotopic (exact) mass is 335 g/mol. The lowest BCUT2D eigenvalue weighted by molar-refractivity contribution is -0.121. The quantitative estimate of drug-likeness (QED) is 0.758. The van der Waals surface area contributed by atoms with Gasteiger partial charge in [-0.25, -0.2) is 9.18 Å². The number of hydrogen-bond donors (Lipinski definition) is 3. The third-order valence-corrected chi connectivity index (χ3v) is 4.30. The molecule has 1 heterocycles.